The molecule has 0 aromatic heterocycles. The van der Waals surface area contributed by atoms with Crippen LogP contribution in [0.15, 0.2) is 0 Å². The normalized spacial score (nSPS) is 16.1. The van der Waals surface area contributed by atoms with Gasteiger partial charge in [-0.15, -0.1) is 0 Å². The molecule has 0 rings (SSSR count). The highest BCUT2D eigenvalue weighted by Gasteiger charge is 2.26. The van der Waals surface area contributed by atoms with Crippen molar-refractivity contribution in [3.63, 3.8) is 0 Å². The van der Waals surface area contributed by atoms with Crippen molar-refractivity contribution in [2.24, 2.45) is 11.1 Å². The first-order valence-corrected chi connectivity index (χ1v) is 6.73. The maximum absolute atomic E-state index is 5.95. The van der Waals surface area contributed by atoms with E-state index in [1.807, 2.05) is 0 Å². The summed E-state index contributed by atoms with van der Waals surface area (Å²) >= 11 is 0. The fourth-order valence-electron chi connectivity index (χ4n) is 1.95. The van der Waals surface area contributed by atoms with Crippen LogP contribution in [0.3, 0.4) is 0 Å². The highest BCUT2D eigenvalue weighted by molar-refractivity contribution is 4.79. The van der Waals surface area contributed by atoms with Crippen LogP contribution in [0.5, 0.6) is 0 Å². The second-order valence-electron chi connectivity index (χ2n) is 5.87. The lowest BCUT2D eigenvalue weighted by atomic mass is 9.77. The standard InChI is InChI=1S/C14H31NO/c1-6-8-9-14(7-2,12-15)10-11-16-13(3,4)5/h6-12,15H2,1-5H3. The average Bonchev–Trinajstić information content (AvgIpc) is 2.22. The Morgan fingerprint density at radius 1 is 1.06 bits per heavy atom. The van der Waals surface area contributed by atoms with Crippen LogP contribution in [0.4, 0.5) is 0 Å². The number of rotatable bonds is 8. The maximum atomic E-state index is 5.95. The Bertz CT molecular complexity index is 168. The first-order valence-electron chi connectivity index (χ1n) is 6.73. The van der Waals surface area contributed by atoms with E-state index in [4.69, 9.17) is 10.5 Å². The lowest BCUT2D eigenvalue weighted by Gasteiger charge is -2.33. The Morgan fingerprint density at radius 3 is 2.06 bits per heavy atom. The predicted molar refractivity (Wildman–Crippen MR) is 71.6 cm³/mol. The minimum absolute atomic E-state index is 0.0289. The molecule has 0 fully saturated rings. The van der Waals surface area contributed by atoms with E-state index in [1.165, 1.54) is 19.3 Å². The zero-order valence-corrected chi connectivity index (χ0v) is 11.9. The van der Waals surface area contributed by atoms with Crippen LogP contribution in [0.25, 0.3) is 0 Å². The monoisotopic (exact) mass is 229 g/mol. The summed E-state index contributed by atoms with van der Waals surface area (Å²) < 4.78 is 5.81. The van der Waals surface area contributed by atoms with Crippen molar-refractivity contribution in [2.45, 2.75) is 72.3 Å². The zero-order chi connectivity index (χ0) is 12.7. The van der Waals surface area contributed by atoms with Gasteiger partial charge in [0.05, 0.1) is 5.60 Å². The predicted octanol–water partition coefficient (Wildman–Crippen LogP) is 3.74. The highest BCUT2D eigenvalue weighted by Crippen LogP contribution is 2.32. The molecule has 0 amide bonds. The summed E-state index contributed by atoms with van der Waals surface area (Å²) in [5.41, 5.74) is 6.23. The quantitative estimate of drug-likeness (QED) is 0.688. The molecule has 0 aliphatic rings. The molecule has 0 aliphatic heterocycles. The minimum Gasteiger partial charge on any atom is -0.376 e. The molecule has 0 saturated heterocycles. The highest BCUT2D eigenvalue weighted by atomic mass is 16.5. The van der Waals surface area contributed by atoms with Crippen molar-refractivity contribution in [3.8, 4) is 0 Å². The molecule has 0 heterocycles. The van der Waals surface area contributed by atoms with Crippen LogP contribution in [-0.4, -0.2) is 18.8 Å². The molecular weight excluding hydrogens is 198 g/mol. The largest absolute Gasteiger partial charge is 0.376 e. The summed E-state index contributed by atoms with van der Waals surface area (Å²) in [6.07, 6.45) is 6.03. The lowest BCUT2D eigenvalue weighted by molar-refractivity contribution is -0.0198. The fraction of sp³-hybridized carbons (Fsp3) is 1.00. The van der Waals surface area contributed by atoms with Crippen LogP contribution in [-0.2, 0) is 4.74 Å². The van der Waals surface area contributed by atoms with Gasteiger partial charge in [-0.2, -0.15) is 0 Å². The summed E-state index contributed by atoms with van der Waals surface area (Å²) in [5.74, 6) is 0. The minimum atomic E-state index is -0.0289. The molecule has 1 unspecified atom stereocenters. The van der Waals surface area contributed by atoms with Gasteiger partial charge in [0.2, 0.25) is 0 Å². The van der Waals surface area contributed by atoms with Gasteiger partial charge in [-0.05, 0) is 52.0 Å². The molecule has 0 spiro atoms. The Kier molecular flexibility index (Phi) is 7.25. The molecule has 2 heteroatoms. The van der Waals surface area contributed by atoms with E-state index in [0.717, 1.165) is 26.0 Å². The molecule has 0 aromatic rings. The number of ether oxygens (including phenoxy) is 1. The van der Waals surface area contributed by atoms with Gasteiger partial charge in [-0.25, -0.2) is 0 Å². The molecule has 0 bridgehead atoms. The molecule has 98 valence electrons. The fourth-order valence-corrected chi connectivity index (χ4v) is 1.95. The van der Waals surface area contributed by atoms with Gasteiger partial charge in [0.25, 0.3) is 0 Å². The molecule has 0 saturated carbocycles. The smallest absolute Gasteiger partial charge is 0.0598 e. The SMILES string of the molecule is CCCCC(CC)(CN)CCOC(C)(C)C. The van der Waals surface area contributed by atoms with E-state index in [1.54, 1.807) is 0 Å². The number of nitrogens with two attached hydrogens (primary N) is 1. The van der Waals surface area contributed by atoms with E-state index in [9.17, 15) is 0 Å². The second kappa shape index (κ2) is 7.29. The number of unbranched alkanes of at least 4 members (excludes halogenated alkanes) is 1. The van der Waals surface area contributed by atoms with E-state index in [-0.39, 0.29) is 5.60 Å². The molecule has 1 atom stereocenters. The maximum Gasteiger partial charge on any atom is 0.0598 e. The Balaban J connectivity index is 4.11. The Morgan fingerprint density at radius 2 is 1.69 bits per heavy atom. The molecule has 2 nitrogen and oxygen atoms in total. The molecule has 2 N–H and O–H groups in total. The topological polar surface area (TPSA) is 35.2 Å². The van der Waals surface area contributed by atoms with E-state index in [2.05, 4.69) is 34.6 Å². The van der Waals surface area contributed by atoms with E-state index >= 15 is 0 Å². The molecule has 0 aliphatic carbocycles. The Hall–Kier alpha value is -0.0800. The number of hydrogen-bond donors (Lipinski definition) is 1. The summed E-state index contributed by atoms with van der Waals surface area (Å²) in [6, 6.07) is 0. The van der Waals surface area contributed by atoms with Crippen molar-refractivity contribution in [2.75, 3.05) is 13.2 Å². The van der Waals surface area contributed by atoms with Crippen molar-refractivity contribution < 1.29 is 4.74 Å². The first kappa shape index (κ1) is 15.9. The van der Waals surface area contributed by atoms with Crippen LogP contribution in [0, 0.1) is 5.41 Å². The van der Waals surface area contributed by atoms with Gasteiger partial charge < -0.3 is 10.5 Å². The molecule has 0 aromatic carbocycles. The third kappa shape index (κ3) is 6.49. The van der Waals surface area contributed by atoms with E-state index < -0.39 is 0 Å². The van der Waals surface area contributed by atoms with Gasteiger partial charge >= 0.3 is 0 Å². The van der Waals surface area contributed by atoms with Crippen molar-refractivity contribution in [1.29, 1.82) is 0 Å². The van der Waals surface area contributed by atoms with Crippen LogP contribution in [0.2, 0.25) is 0 Å². The zero-order valence-electron chi connectivity index (χ0n) is 11.9. The Labute approximate surface area is 102 Å². The van der Waals surface area contributed by atoms with Crippen LogP contribution in [0.1, 0.15) is 66.7 Å². The van der Waals surface area contributed by atoms with Crippen molar-refractivity contribution in [3.05, 3.63) is 0 Å². The van der Waals surface area contributed by atoms with Gasteiger partial charge in [0, 0.05) is 6.61 Å². The van der Waals surface area contributed by atoms with Gasteiger partial charge in [-0.1, -0.05) is 26.7 Å². The van der Waals surface area contributed by atoms with Gasteiger partial charge in [-0.3, -0.25) is 0 Å². The lowest BCUT2D eigenvalue weighted by Crippen LogP contribution is -2.32. The summed E-state index contributed by atoms with van der Waals surface area (Å²) in [7, 11) is 0. The first-order chi connectivity index (χ1) is 7.39. The van der Waals surface area contributed by atoms with Gasteiger partial charge in [0.1, 0.15) is 0 Å². The third-order valence-corrected chi connectivity index (χ3v) is 3.41. The molecule has 16 heavy (non-hydrogen) atoms. The van der Waals surface area contributed by atoms with Gasteiger partial charge in [0.15, 0.2) is 0 Å². The van der Waals surface area contributed by atoms with E-state index in [0.29, 0.717) is 5.41 Å². The summed E-state index contributed by atoms with van der Waals surface area (Å²) in [4.78, 5) is 0. The second-order valence-corrected chi connectivity index (χ2v) is 5.87. The van der Waals surface area contributed by atoms with Crippen LogP contribution >= 0.6 is 0 Å². The third-order valence-electron chi connectivity index (χ3n) is 3.41. The average molecular weight is 229 g/mol. The molecule has 0 radical (unpaired) electrons. The molecular formula is C14H31NO. The van der Waals surface area contributed by atoms with Crippen molar-refractivity contribution >= 4 is 0 Å². The number of hydrogen-bond acceptors (Lipinski definition) is 2. The summed E-state index contributed by atoms with van der Waals surface area (Å²) in [6.45, 7) is 12.4. The van der Waals surface area contributed by atoms with Crippen LogP contribution < -0.4 is 5.73 Å². The van der Waals surface area contributed by atoms with Crippen molar-refractivity contribution in [1.82, 2.24) is 0 Å². The summed E-state index contributed by atoms with van der Waals surface area (Å²) in [5, 5.41) is 0.